The number of hydrogen-bond acceptors (Lipinski definition) is 4. The van der Waals surface area contributed by atoms with E-state index < -0.39 is 0 Å². The number of allylic oxidation sites excluding steroid dienone is 4. The molecule has 0 N–H and O–H groups in total. The number of nitrogens with zero attached hydrogens (tertiary/aromatic N) is 4. The fraction of sp³-hybridized carbons (Fsp3) is 0.0351. The number of furan rings is 1. The van der Waals surface area contributed by atoms with Gasteiger partial charge in [-0.1, -0.05) is 164 Å². The minimum Gasteiger partial charge on any atom is -0.456 e. The van der Waals surface area contributed by atoms with Gasteiger partial charge in [0.05, 0.1) is 33.8 Å². The molecule has 0 aliphatic carbocycles. The number of fused-ring (bicyclic) bond motifs is 4. The molecular formula is C57H42N4O. The molecule has 4 heterocycles. The van der Waals surface area contributed by atoms with Crippen molar-refractivity contribution in [1.29, 1.82) is 0 Å². The van der Waals surface area contributed by atoms with E-state index >= 15 is 0 Å². The normalized spacial score (nSPS) is 12.1. The topological polar surface area (TPSA) is 56.7 Å². The lowest BCUT2D eigenvalue weighted by Crippen LogP contribution is -1.98. The summed E-state index contributed by atoms with van der Waals surface area (Å²) in [5.41, 5.74) is 14.9. The van der Waals surface area contributed by atoms with Gasteiger partial charge < -0.3 is 8.98 Å². The third kappa shape index (κ3) is 6.95. The SMILES string of the molecule is C=Cc1oc2ccccc2c1/C(=C\C)c1ccc(-c2cc(-c3ccc(-n4c5ccccc5c5c(-c6ccccc6)nc(/C=C\C=C/C)cc54)cc3)nc(-c3ccccc3)n2)cc1. The Labute approximate surface area is 361 Å². The summed E-state index contributed by atoms with van der Waals surface area (Å²) in [6, 6.07) is 59.0. The standard InChI is InChI=1S/C57H42N4O/c1-4-7-10-23-43-36-51-55(56(58-43)41-19-11-8-12-20-41)46-24-15-17-26-50(46)61(51)44-34-32-40(33-35-44)49-37-48(59-57(60-49)42-21-13-9-14-22-42)39-30-28-38(29-31-39)45(5-2)54-47-25-16-18-27-53(47)62-52(54)6-3/h4-37H,3H2,1-2H3/b7-4-,23-10-,45-5-. The van der Waals surface area contributed by atoms with Crippen LogP contribution in [-0.4, -0.2) is 19.5 Å². The molecule has 0 saturated heterocycles. The molecule has 4 aromatic heterocycles. The average Bonchev–Trinajstić information content (AvgIpc) is 3.88. The number of para-hydroxylation sites is 2. The minimum absolute atomic E-state index is 0.669. The molecule has 0 fully saturated rings. The molecule has 296 valence electrons. The van der Waals surface area contributed by atoms with Crippen LogP contribution in [-0.2, 0) is 0 Å². The van der Waals surface area contributed by atoms with Crippen LogP contribution in [0.3, 0.4) is 0 Å². The average molecular weight is 799 g/mol. The van der Waals surface area contributed by atoms with E-state index in [1.165, 1.54) is 0 Å². The van der Waals surface area contributed by atoms with Gasteiger partial charge >= 0.3 is 0 Å². The Bertz CT molecular complexity index is 3350. The first-order valence-corrected chi connectivity index (χ1v) is 20.9. The highest BCUT2D eigenvalue weighted by Gasteiger charge is 2.20. The third-order valence-corrected chi connectivity index (χ3v) is 11.3. The van der Waals surface area contributed by atoms with Crippen molar-refractivity contribution >= 4 is 50.5 Å². The van der Waals surface area contributed by atoms with Crippen molar-refractivity contribution in [3.05, 3.63) is 223 Å². The Hall–Kier alpha value is -8.15. The van der Waals surface area contributed by atoms with Gasteiger partial charge in [0.2, 0.25) is 0 Å². The Morgan fingerprint density at radius 1 is 0.581 bits per heavy atom. The van der Waals surface area contributed by atoms with Crippen LogP contribution in [0, 0.1) is 0 Å². The Balaban J connectivity index is 1.07. The fourth-order valence-corrected chi connectivity index (χ4v) is 8.44. The summed E-state index contributed by atoms with van der Waals surface area (Å²) in [4.78, 5) is 15.5. The molecule has 0 aliphatic heterocycles. The molecule has 0 atom stereocenters. The van der Waals surface area contributed by atoms with E-state index in [9.17, 15) is 0 Å². The lowest BCUT2D eigenvalue weighted by atomic mass is 9.94. The maximum Gasteiger partial charge on any atom is 0.160 e. The first kappa shape index (κ1) is 38.1. The van der Waals surface area contributed by atoms with Gasteiger partial charge in [0, 0.05) is 49.7 Å². The maximum absolute atomic E-state index is 6.18. The summed E-state index contributed by atoms with van der Waals surface area (Å²) in [5, 5.41) is 3.34. The van der Waals surface area contributed by atoms with Crippen molar-refractivity contribution in [2.24, 2.45) is 0 Å². The highest BCUT2D eigenvalue weighted by Crippen LogP contribution is 2.40. The molecule has 0 aliphatic rings. The van der Waals surface area contributed by atoms with E-state index in [0.717, 1.165) is 106 Å². The van der Waals surface area contributed by atoms with Crippen molar-refractivity contribution in [3.8, 4) is 50.8 Å². The smallest absolute Gasteiger partial charge is 0.160 e. The highest BCUT2D eigenvalue weighted by molar-refractivity contribution is 6.15. The highest BCUT2D eigenvalue weighted by atomic mass is 16.3. The first-order valence-electron chi connectivity index (χ1n) is 20.9. The lowest BCUT2D eigenvalue weighted by molar-refractivity contribution is 0.603. The van der Waals surface area contributed by atoms with Gasteiger partial charge in [-0.15, -0.1) is 0 Å². The van der Waals surface area contributed by atoms with Crippen LogP contribution in [0.4, 0.5) is 0 Å². The number of benzene rings is 6. The van der Waals surface area contributed by atoms with Crippen LogP contribution < -0.4 is 0 Å². The van der Waals surface area contributed by atoms with Crippen molar-refractivity contribution in [3.63, 3.8) is 0 Å². The molecule has 10 rings (SSSR count). The molecule has 0 bridgehead atoms. The Morgan fingerprint density at radius 3 is 1.89 bits per heavy atom. The lowest BCUT2D eigenvalue weighted by Gasteiger charge is -2.13. The monoisotopic (exact) mass is 798 g/mol. The first-order chi connectivity index (χ1) is 30.6. The molecule has 0 radical (unpaired) electrons. The molecule has 0 amide bonds. The molecule has 0 spiro atoms. The van der Waals surface area contributed by atoms with Crippen molar-refractivity contribution < 1.29 is 4.42 Å². The molecule has 62 heavy (non-hydrogen) atoms. The Kier molecular flexibility index (Phi) is 10.1. The van der Waals surface area contributed by atoms with Gasteiger partial charge in [0.25, 0.3) is 0 Å². The summed E-state index contributed by atoms with van der Waals surface area (Å²) >= 11 is 0. The predicted octanol–water partition coefficient (Wildman–Crippen LogP) is 15.1. The van der Waals surface area contributed by atoms with E-state index in [2.05, 4.69) is 158 Å². The summed E-state index contributed by atoms with van der Waals surface area (Å²) in [6.45, 7) is 8.13. The Morgan fingerprint density at radius 2 is 1.21 bits per heavy atom. The fourth-order valence-electron chi connectivity index (χ4n) is 8.44. The zero-order chi connectivity index (χ0) is 42.0. The maximum atomic E-state index is 6.18. The predicted molar refractivity (Wildman–Crippen MR) is 259 cm³/mol. The van der Waals surface area contributed by atoms with Crippen LogP contribution in [0.5, 0.6) is 0 Å². The van der Waals surface area contributed by atoms with Gasteiger partial charge in [-0.3, -0.25) is 0 Å². The second-order valence-corrected chi connectivity index (χ2v) is 15.1. The van der Waals surface area contributed by atoms with Crippen LogP contribution >= 0.6 is 0 Å². The van der Waals surface area contributed by atoms with Crippen LogP contribution in [0.15, 0.2) is 205 Å². The molecule has 10 aromatic rings. The van der Waals surface area contributed by atoms with Gasteiger partial charge in [0.1, 0.15) is 11.3 Å². The third-order valence-electron chi connectivity index (χ3n) is 11.3. The van der Waals surface area contributed by atoms with Crippen molar-refractivity contribution in [2.75, 3.05) is 0 Å². The molecular weight excluding hydrogens is 757 g/mol. The van der Waals surface area contributed by atoms with E-state index in [-0.39, 0.29) is 0 Å². The molecule has 0 unspecified atom stereocenters. The summed E-state index contributed by atoms with van der Waals surface area (Å²) in [7, 11) is 0. The summed E-state index contributed by atoms with van der Waals surface area (Å²) in [5.74, 6) is 1.43. The number of rotatable bonds is 10. The van der Waals surface area contributed by atoms with Gasteiger partial charge in [0.15, 0.2) is 5.82 Å². The van der Waals surface area contributed by atoms with E-state index in [0.29, 0.717) is 5.82 Å². The van der Waals surface area contributed by atoms with Gasteiger partial charge in [-0.05, 0) is 73.5 Å². The van der Waals surface area contributed by atoms with Crippen LogP contribution in [0.1, 0.15) is 36.4 Å². The zero-order valence-corrected chi connectivity index (χ0v) is 34.5. The second-order valence-electron chi connectivity index (χ2n) is 15.1. The van der Waals surface area contributed by atoms with Crippen LogP contribution in [0.2, 0.25) is 0 Å². The molecule has 5 nitrogen and oxygen atoms in total. The molecule has 0 saturated carbocycles. The summed E-state index contributed by atoms with van der Waals surface area (Å²) in [6.07, 6.45) is 12.1. The zero-order valence-electron chi connectivity index (χ0n) is 34.5. The van der Waals surface area contributed by atoms with E-state index in [1.807, 2.05) is 67.6 Å². The number of aromatic nitrogens is 4. The number of pyridine rings is 1. The van der Waals surface area contributed by atoms with E-state index in [1.54, 1.807) is 6.08 Å². The molecule has 5 heteroatoms. The van der Waals surface area contributed by atoms with Crippen LogP contribution in [0.25, 0.3) is 101 Å². The van der Waals surface area contributed by atoms with Gasteiger partial charge in [-0.2, -0.15) is 0 Å². The number of hydrogen-bond donors (Lipinski definition) is 0. The minimum atomic E-state index is 0.669. The van der Waals surface area contributed by atoms with E-state index in [4.69, 9.17) is 19.4 Å². The van der Waals surface area contributed by atoms with Crippen molar-refractivity contribution in [1.82, 2.24) is 19.5 Å². The largest absolute Gasteiger partial charge is 0.456 e. The summed E-state index contributed by atoms with van der Waals surface area (Å²) < 4.78 is 8.53. The molecule has 6 aromatic carbocycles. The van der Waals surface area contributed by atoms with Gasteiger partial charge in [-0.25, -0.2) is 15.0 Å². The quantitative estimate of drug-likeness (QED) is 0.129. The van der Waals surface area contributed by atoms with Crippen molar-refractivity contribution in [2.45, 2.75) is 13.8 Å². The second kappa shape index (κ2) is 16.5.